The van der Waals surface area contributed by atoms with Crippen molar-refractivity contribution in [3.63, 3.8) is 0 Å². The molecule has 2 heterocycles. The molecule has 2 unspecified atom stereocenters. The number of nitrogens with one attached hydrogen (secondary N) is 1. The minimum absolute atomic E-state index is 0.0984. The number of nitrogens with zero attached hydrogens (tertiary/aromatic N) is 3. The maximum absolute atomic E-state index is 12.4. The van der Waals surface area contributed by atoms with E-state index in [-0.39, 0.29) is 23.9 Å². The van der Waals surface area contributed by atoms with Gasteiger partial charge in [-0.15, -0.1) is 0 Å². The van der Waals surface area contributed by atoms with Gasteiger partial charge in [0.1, 0.15) is 0 Å². The second-order valence-corrected chi connectivity index (χ2v) is 6.45. The van der Waals surface area contributed by atoms with Crippen molar-refractivity contribution in [2.45, 2.75) is 46.2 Å². The van der Waals surface area contributed by atoms with Gasteiger partial charge in [0.25, 0.3) is 0 Å². The van der Waals surface area contributed by atoms with E-state index in [9.17, 15) is 9.59 Å². The number of hydrogen-bond acceptors (Lipinski definition) is 3. The van der Waals surface area contributed by atoms with Crippen LogP contribution in [0.4, 0.5) is 10.5 Å². The van der Waals surface area contributed by atoms with Gasteiger partial charge < -0.3 is 16.0 Å². The number of rotatable bonds is 4. The van der Waals surface area contributed by atoms with Crippen LogP contribution in [-0.2, 0) is 11.3 Å². The molecule has 0 radical (unpaired) electrons. The van der Waals surface area contributed by atoms with Crippen LogP contribution in [0.25, 0.3) is 0 Å². The van der Waals surface area contributed by atoms with Gasteiger partial charge in [-0.2, -0.15) is 5.10 Å². The third-order valence-corrected chi connectivity index (χ3v) is 3.98. The summed E-state index contributed by atoms with van der Waals surface area (Å²) >= 11 is 0. The molecule has 1 aromatic rings. The molecule has 122 valence electrons. The summed E-state index contributed by atoms with van der Waals surface area (Å²) in [5, 5.41) is 7.07. The maximum atomic E-state index is 12.4. The summed E-state index contributed by atoms with van der Waals surface area (Å²) in [5.74, 6) is -0.109. The fourth-order valence-electron chi connectivity index (χ4n) is 2.72. The normalized spacial score (nSPS) is 21.9. The second kappa shape index (κ2) is 6.81. The van der Waals surface area contributed by atoms with Gasteiger partial charge in [0.2, 0.25) is 5.91 Å². The molecule has 1 fully saturated rings. The van der Waals surface area contributed by atoms with Gasteiger partial charge >= 0.3 is 6.03 Å². The third kappa shape index (κ3) is 3.99. The standard InChI is InChI=1S/C15H25N5O2/c1-10(2)7-19-9-13(6-17-19)18-15(22)20-8-12(14(16)21)5-4-11(20)3/h6,9-12H,4-5,7-8H2,1-3H3,(H2,16,21)(H,18,22). The lowest BCUT2D eigenvalue weighted by Gasteiger charge is -2.36. The van der Waals surface area contributed by atoms with Crippen LogP contribution in [0.15, 0.2) is 12.4 Å². The molecule has 2 atom stereocenters. The highest BCUT2D eigenvalue weighted by atomic mass is 16.2. The molecule has 7 nitrogen and oxygen atoms in total. The molecular formula is C15H25N5O2. The van der Waals surface area contributed by atoms with Crippen molar-refractivity contribution < 1.29 is 9.59 Å². The number of urea groups is 1. The molecule has 0 bridgehead atoms. The first-order valence-electron chi connectivity index (χ1n) is 7.76. The summed E-state index contributed by atoms with van der Waals surface area (Å²) in [5.41, 5.74) is 6.03. The quantitative estimate of drug-likeness (QED) is 0.885. The van der Waals surface area contributed by atoms with Crippen molar-refractivity contribution in [1.82, 2.24) is 14.7 Å². The first-order chi connectivity index (χ1) is 10.4. The molecule has 1 aliphatic heterocycles. The van der Waals surface area contributed by atoms with E-state index in [0.29, 0.717) is 18.2 Å². The van der Waals surface area contributed by atoms with Crippen molar-refractivity contribution in [1.29, 1.82) is 0 Å². The largest absolute Gasteiger partial charge is 0.369 e. The van der Waals surface area contributed by atoms with E-state index in [1.165, 1.54) is 0 Å². The average Bonchev–Trinajstić information content (AvgIpc) is 2.85. The highest BCUT2D eigenvalue weighted by Crippen LogP contribution is 2.22. The summed E-state index contributed by atoms with van der Waals surface area (Å²) in [6.07, 6.45) is 4.98. The predicted molar refractivity (Wildman–Crippen MR) is 84.2 cm³/mol. The van der Waals surface area contributed by atoms with Gasteiger partial charge in [-0.3, -0.25) is 9.48 Å². The molecule has 2 rings (SSSR count). The number of carbonyl (C=O) groups is 2. The highest BCUT2D eigenvalue weighted by Gasteiger charge is 2.31. The number of nitrogens with two attached hydrogens (primary N) is 1. The van der Waals surface area contributed by atoms with Crippen LogP contribution < -0.4 is 11.1 Å². The number of anilines is 1. The monoisotopic (exact) mass is 307 g/mol. The van der Waals surface area contributed by atoms with Crippen molar-refractivity contribution >= 4 is 17.6 Å². The van der Waals surface area contributed by atoms with E-state index < -0.39 is 0 Å². The Labute approximate surface area is 130 Å². The zero-order valence-electron chi connectivity index (χ0n) is 13.5. The number of carbonyl (C=O) groups excluding carboxylic acids is 2. The summed E-state index contributed by atoms with van der Waals surface area (Å²) in [7, 11) is 0. The molecule has 1 saturated heterocycles. The molecule has 3 amide bonds. The molecule has 7 heteroatoms. The van der Waals surface area contributed by atoms with Crippen molar-refractivity contribution in [2.24, 2.45) is 17.6 Å². The van der Waals surface area contributed by atoms with E-state index >= 15 is 0 Å². The van der Waals surface area contributed by atoms with Gasteiger partial charge in [-0.25, -0.2) is 4.79 Å². The lowest BCUT2D eigenvalue weighted by atomic mass is 9.93. The molecule has 1 aliphatic rings. The van der Waals surface area contributed by atoms with E-state index in [1.54, 1.807) is 11.1 Å². The molecule has 0 saturated carbocycles. The smallest absolute Gasteiger partial charge is 0.322 e. The number of likely N-dealkylation sites (tertiary alicyclic amines) is 1. The third-order valence-electron chi connectivity index (χ3n) is 3.98. The van der Waals surface area contributed by atoms with Gasteiger partial charge in [0, 0.05) is 25.3 Å². The Kier molecular flexibility index (Phi) is 5.05. The Bertz CT molecular complexity index is 540. The molecule has 1 aromatic heterocycles. The van der Waals surface area contributed by atoms with Crippen LogP contribution in [0.1, 0.15) is 33.6 Å². The zero-order valence-corrected chi connectivity index (χ0v) is 13.5. The number of piperidine rings is 1. The van der Waals surface area contributed by atoms with Crippen LogP contribution in [-0.4, -0.2) is 39.2 Å². The van der Waals surface area contributed by atoms with Gasteiger partial charge in [-0.05, 0) is 25.7 Å². The molecule has 0 aromatic carbocycles. The van der Waals surface area contributed by atoms with Crippen LogP contribution in [0.5, 0.6) is 0 Å². The number of amides is 3. The average molecular weight is 307 g/mol. The lowest BCUT2D eigenvalue weighted by Crippen LogP contribution is -2.50. The van der Waals surface area contributed by atoms with Crippen LogP contribution in [0, 0.1) is 11.8 Å². The molecule has 3 N–H and O–H groups in total. The topological polar surface area (TPSA) is 93.3 Å². The first-order valence-corrected chi connectivity index (χ1v) is 7.76. The Morgan fingerprint density at radius 3 is 2.82 bits per heavy atom. The molecule has 0 aliphatic carbocycles. The fraction of sp³-hybridized carbons (Fsp3) is 0.667. The van der Waals surface area contributed by atoms with E-state index in [4.69, 9.17) is 5.73 Å². The zero-order chi connectivity index (χ0) is 16.3. The SMILES string of the molecule is CC(C)Cn1cc(NC(=O)N2CC(C(N)=O)CCC2C)cn1. The van der Waals surface area contributed by atoms with Crippen molar-refractivity contribution in [2.75, 3.05) is 11.9 Å². The van der Waals surface area contributed by atoms with Crippen molar-refractivity contribution in [3.05, 3.63) is 12.4 Å². The Hall–Kier alpha value is -2.05. The summed E-state index contributed by atoms with van der Waals surface area (Å²) in [6, 6.07) is -0.108. The van der Waals surface area contributed by atoms with Crippen LogP contribution in [0.3, 0.4) is 0 Å². The Morgan fingerprint density at radius 2 is 2.18 bits per heavy atom. The maximum Gasteiger partial charge on any atom is 0.322 e. The van der Waals surface area contributed by atoms with Crippen LogP contribution in [0.2, 0.25) is 0 Å². The van der Waals surface area contributed by atoms with Gasteiger partial charge in [0.05, 0.1) is 17.8 Å². The first kappa shape index (κ1) is 16.3. The Balaban J connectivity index is 1.98. The second-order valence-electron chi connectivity index (χ2n) is 6.45. The minimum Gasteiger partial charge on any atom is -0.369 e. The summed E-state index contributed by atoms with van der Waals surface area (Å²) in [4.78, 5) is 25.4. The van der Waals surface area contributed by atoms with Crippen LogP contribution >= 0.6 is 0 Å². The van der Waals surface area contributed by atoms with E-state index in [1.807, 2.05) is 17.8 Å². The van der Waals surface area contributed by atoms with E-state index in [0.717, 1.165) is 19.4 Å². The van der Waals surface area contributed by atoms with Gasteiger partial charge in [-0.1, -0.05) is 13.8 Å². The fourth-order valence-corrected chi connectivity index (χ4v) is 2.72. The Morgan fingerprint density at radius 1 is 1.45 bits per heavy atom. The molecule has 22 heavy (non-hydrogen) atoms. The van der Waals surface area contributed by atoms with E-state index in [2.05, 4.69) is 24.3 Å². The minimum atomic E-state index is -0.338. The number of primary amides is 1. The lowest BCUT2D eigenvalue weighted by molar-refractivity contribution is -0.123. The number of aromatic nitrogens is 2. The highest BCUT2D eigenvalue weighted by molar-refractivity contribution is 5.90. The summed E-state index contributed by atoms with van der Waals surface area (Å²) < 4.78 is 1.81. The predicted octanol–water partition coefficient (Wildman–Crippen LogP) is 1.66. The summed E-state index contributed by atoms with van der Waals surface area (Å²) in [6.45, 7) is 7.39. The molecule has 0 spiro atoms. The van der Waals surface area contributed by atoms with Crippen molar-refractivity contribution in [3.8, 4) is 0 Å². The number of hydrogen-bond donors (Lipinski definition) is 2. The molecular weight excluding hydrogens is 282 g/mol. The van der Waals surface area contributed by atoms with Gasteiger partial charge in [0.15, 0.2) is 0 Å².